The van der Waals surface area contributed by atoms with Crippen LogP contribution in [0.5, 0.6) is 0 Å². The Balaban J connectivity index is 2.37. The highest BCUT2D eigenvalue weighted by Gasteiger charge is 2.49. The fourth-order valence-corrected chi connectivity index (χ4v) is 3.93. The first-order chi connectivity index (χ1) is 9.16. The van der Waals surface area contributed by atoms with Gasteiger partial charge in [-0.15, -0.1) is 0 Å². The maximum Gasteiger partial charge on any atom is 0.0681 e. The summed E-state index contributed by atoms with van der Waals surface area (Å²) in [4.78, 5) is 0. The molecule has 0 spiro atoms. The highest BCUT2D eigenvalue weighted by Crippen LogP contribution is 2.48. The third-order valence-corrected chi connectivity index (χ3v) is 4.68. The summed E-state index contributed by atoms with van der Waals surface area (Å²) >= 11 is 6.46. The van der Waals surface area contributed by atoms with Gasteiger partial charge >= 0.3 is 0 Å². The lowest BCUT2D eigenvalue weighted by atomic mass is 9.79. The summed E-state index contributed by atoms with van der Waals surface area (Å²) in [7, 11) is 2.00. The Morgan fingerprint density at radius 2 is 1.95 bits per heavy atom. The van der Waals surface area contributed by atoms with Gasteiger partial charge in [0, 0.05) is 17.0 Å². The van der Waals surface area contributed by atoms with Gasteiger partial charge in [-0.1, -0.05) is 23.7 Å². The highest BCUT2D eigenvalue weighted by atomic mass is 35.5. The second kappa shape index (κ2) is 5.32. The predicted molar refractivity (Wildman–Crippen MR) is 85.3 cm³/mol. The molecule has 1 heterocycles. The molecule has 3 heteroatoms. The Labute approximate surface area is 127 Å². The molecule has 20 heavy (non-hydrogen) atoms. The van der Waals surface area contributed by atoms with Crippen LogP contribution in [-0.2, 0) is 4.74 Å². The molecule has 1 aromatic rings. The van der Waals surface area contributed by atoms with Gasteiger partial charge in [0.15, 0.2) is 0 Å². The van der Waals surface area contributed by atoms with E-state index in [1.165, 1.54) is 11.1 Å². The van der Waals surface area contributed by atoms with Crippen LogP contribution in [0.3, 0.4) is 0 Å². The van der Waals surface area contributed by atoms with Crippen molar-refractivity contribution in [2.75, 3.05) is 7.05 Å². The van der Waals surface area contributed by atoms with Gasteiger partial charge in [0.25, 0.3) is 0 Å². The quantitative estimate of drug-likeness (QED) is 0.886. The molecule has 0 saturated carbocycles. The van der Waals surface area contributed by atoms with Crippen LogP contribution in [0.25, 0.3) is 0 Å². The maximum absolute atomic E-state index is 6.46. The molecule has 1 N–H and O–H groups in total. The lowest BCUT2D eigenvalue weighted by molar-refractivity contribution is -0.0776. The van der Waals surface area contributed by atoms with E-state index in [9.17, 15) is 0 Å². The fourth-order valence-electron chi connectivity index (χ4n) is 3.58. The molecule has 0 aliphatic carbocycles. The van der Waals surface area contributed by atoms with Crippen molar-refractivity contribution in [2.45, 2.75) is 58.3 Å². The molecule has 1 aliphatic heterocycles. The Bertz CT molecular complexity index is 496. The topological polar surface area (TPSA) is 21.3 Å². The maximum atomic E-state index is 6.46. The standard InChI is InChI=1S/C17H26ClNO/c1-11-7-8-12(14(18)9-11)15(19-6)13-10-16(2,3)20-17(13,4)5/h7-9,13,15,19H,10H2,1-6H3. The molecular weight excluding hydrogens is 270 g/mol. The lowest BCUT2D eigenvalue weighted by Crippen LogP contribution is -2.37. The van der Waals surface area contributed by atoms with Crippen LogP contribution < -0.4 is 5.32 Å². The zero-order valence-electron chi connectivity index (χ0n) is 13.4. The first kappa shape index (κ1) is 15.8. The summed E-state index contributed by atoms with van der Waals surface area (Å²) < 4.78 is 6.23. The van der Waals surface area contributed by atoms with Crippen molar-refractivity contribution in [2.24, 2.45) is 5.92 Å². The summed E-state index contributed by atoms with van der Waals surface area (Å²) in [6.45, 7) is 10.8. The molecule has 112 valence electrons. The van der Waals surface area contributed by atoms with E-state index in [1.807, 2.05) is 13.1 Å². The Morgan fingerprint density at radius 3 is 2.40 bits per heavy atom. The number of rotatable bonds is 3. The molecule has 2 nitrogen and oxygen atoms in total. The van der Waals surface area contributed by atoms with Crippen LogP contribution in [0, 0.1) is 12.8 Å². The van der Waals surface area contributed by atoms with E-state index in [0.29, 0.717) is 5.92 Å². The van der Waals surface area contributed by atoms with Crippen molar-refractivity contribution in [1.82, 2.24) is 5.32 Å². The molecule has 1 aromatic carbocycles. The van der Waals surface area contributed by atoms with Crippen LogP contribution in [0.15, 0.2) is 18.2 Å². The highest BCUT2D eigenvalue weighted by molar-refractivity contribution is 6.31. The lowest BCUT2D eigenvalue weighted by Gasteiger charge is -2.33. The Morgan fingerprint density at radius 1 is 1.30 bits per heavy atom. The molecule has 1 aliphatic rings. The summed E-state index contributed by atoms with van der Waals surface area (Å²) in [6, 6.07) is 6.51. The second-order valence-corrected chi connectivity index (χ2v) is 7.47. The molecule has 2 atom stereocenters. The Kier molecular flexibility index (Phi) is 4.21. The third kappa shape index (κ3) is 3.03. The molecule has 0 bridgehead atoms. The van der Waals surface area contributed by atoms with Crippen molar-refractivity contribution < 1.29 is 4.74 Å². The summed E-state index contributed by atoms with van der Waals surface area (Å²) in [5, 5.41) is 4.29. The van der Waals surface area contributed by atoms with E-state index >= 15 is 0 Å². The van der Waals surface area contributed by atoms with E-state index in [-0.39, 0.29) is 17.2 Å². The average molecular weight is 296 g/mol. The first-order valence-electron chi connectivity index (χ1n) is 7.30. The Hall–Kier alpha value is -0.570. The second-order valence-electron chi connectivity index (χ2n) is 7.07. The number of nitrogens with one attached hydrogen (secondary N) is 1. The summed E-state index contributed by atoms with van der Waals surface area (Å²) in [6.07, 6.45) is 1.02. The number of benzene rings is 1. The van der Waals surface area contributed by atoms with Crippen molar-refractivity contribution in [1.29, 1.82) is 0 Å². The molecule has 2 unspecified atom stereocenters. The van der Waals surface area contributed by atoms with Crippen LogP contribution in [0.1, 0.15) is 51.3 Å². The molecule has 0 aromatic heterocycles. The number of aryl methyl sites for hydroxylation is 1. The number of hydrogen-bond acceptors (Lipinski definition) is 2. The number of ether oxygens (including phenoxy) is 1. The zero-order valence-corrected chi connectivity index (χ0v) is 14.1. The molecule has 2 rings (SSSR count). The van der Waals surface area contributed by atoms with E-state index < -0.39 is 0 Å². The minimum atomic E-state index is -0.161. The van der Waals surface area contributed by atoms with Gasteiger partial charge in [-0.05, 0) is 65.3 Å². The molecular formula is C17H26ClNO. The smallest absolute Gasteiger partial charge is 0.0681 e. The summed E-state index contributed by atoms with van der Waals surface area (Å²) in [5.74, 6) is 0.391. The van der Waals surface area contributed by atoms with Crippen molar-refractivity contribution in [3.8, 4) is 0 Å². The van der Waals surface area contributed by atoms with E-state index in [0.717, 1.165) is 11.4 Å². The largest absolute Gasteiger partial charge is 0.369 e. The van der Waals surface area contributed by atoms with E-state index in [1.54, 1.807) is 0 Å². The van der Waals surface area contributed by atoms with Crippen LogP contribution in [0.2, 0.25) is 5.02 Å². The summed E-state index contributed by atoms with van der Waals surface area (Å²) in [5.41, 5.74) is 2.11. The van der Waals surface area contributed by atoms with Crippen molar-refractivity contribution in [3.63, 3.8) is 0 Å². The fraction of sp³-hybridized carbons (Fsp3) is 0.647. The monoisotopic (exact) mass is 295 g/mol. The van der Waals surface area contributed by atoms with Gasteiger partial charge in [-0.25, -0.2) is 0 Å². The van der Waals surface area contributed by atoms with Gasteiger partial charge in [-0.2, -0.15) is 0 Å². The van der Waals surface area contributed by atoms with Gasteiger partial charge < -0.3 is 10.1 Å². The molecule has 0 radical (unpaired) electrons. The van der Waals surface area contributed by atoms with Gasteiger partial charge in [0.2, 0.25) is 0 Å². The predicted octanol–water partition coefficient (Wildman–Crippen LogP) is 4.50. The molecule has 1 saturated heterocycles. The average Bonchev–Trinajstić information content (AvgIpc) is 2.51. The molecule has 0 amide bonds. The minimum absolute atomic E-state index is 0.0829. The van der Waals surface area contributed by atoms with Crippen LogP contribution >= 0.6 is 11.6 Å². The van der Waals surface area contributed by atoms with Crippen LogP contribution in [-0.4, -0.2) is 18.2 Å². The minimum Gasteiger partial charge on any atom is -0.369 e. The van der Waals surface area contributed by atoms with E-state index in [4.69, 9.17) is 16.3 Å². The van der Waals surface area contributed by atoms with Gasteiger partial charge in [-0.3, -0.25) is 0 Å². The number of hydrogen-bond donors (Lipinski definition) is 1. The van der Waals surface area contributed by atoms with Crippen LogP contribution in [0.4, 0.5) is 0 Å². The zero-order chi connectivity index (χ0) is 15.1. The normalized spacial score (nSPS) is 25.6. The van der Waals surface area contributed by atoms with Gasteiger partial charge in [0.1, 0.15) is 0 Å². The van der Waals surface area contributed by atoms with Crippen molar-refractivity contribution >= 4 is 11.6 Å². The third-order valence-electron chi connectivity index (χ3n) is 4.35. The van der Waals surface area contributed by atoms with Gasteiger partial charge in [0.05, 0.1) is 11.2 Å². The first-order valence-corrected chi connectivity index (χ1v) is 7.67. The van der Waals surface area contributed by atoms with E-state index in [2.05, 4.69) is 52.1 Å². The molecule has 1 fully saturated rings. The SMILES string of the molecule is CNC(c1ccc(C)cc1Cl)C1CC(C)(C)OC1(C)C. The van der Waals surface area contributed by atoms with Crippen molar-refractivity contribution in [3.05, 3.63) is 34.3 Å². The number of halogens is 1.